The summed E-state index contributed by atoms with van der Waals surface area (Å²) in [6.07, 6.45) is 1.78. The Bertz CT molecular complexity index is 1000. The average molecular weight is 354 g/mol. The molecule has 7 heteroatoms. The zero-order chi connectivity index (χ0) is 16.5. The maximum absolute atomic E-state index is 12.5. The van der Waals surface area contributed by atoms with Crippen LogP contribution in [0.2, 0.25) is 0 Å². The van der Waals surface area contributed by atoms with E-state index in [4.69, 9.17) is 0 Å². The Morgan fingerprint density at radius 3 is 2.96 bits per heavy atom. The fraction of sp³-hybridized carbons (Fsp3) is 0.118. The summed E-state index contributed by atoms with van der Waals surface area (Å²) in [5.41, 5.74) is 1.70. The van der Waals surface area contributed by atoms with Crippen LogP contribution in [0.1, 0.15) is 10.4 Å². The van der Waals surface area contributed by atoms with Crippen molar-refractivity contribution in [3.8, 4) is 10.7 Å². The Morgan fingerprint density at radius 1 is 1.25 bits per heavy atom. The molecule has 0 saturated heterocycles. The van der Waals surface area contributed by atoms with E-state index in [2.05, 4.69) is 15.2 Å². The predicted molar refractivity (Wildman–Crippen MR) is 97.7 cm³/mol. The number of nitrogens with one attached hydrogen (secondary N) is 1. The number of hydrogen-bond acceptors (Lipinski definition) is 5. The van der Waals surface area contributed by atoms with Gasteiger partial charge in [-0.25, -0.2) is 0 Å². The third-order valence-corrected chi connectivity index (χ3v) is 5.68. The van der Waals surface area contributed by atoms with Gasteiger partial charge in [-0.2, -0.15) is 0 Å². The summed E-state index contributed by atoms with van der Waals surface area (Å²) in [7, 11) is 1.92. The maximum atomic E-state index is 12.5. The van der Waals surface area contributed by atoms with Crippen LogP contribution in [0.4, 0.5) is 0 Å². The molecule has 4 aromatic rings. The lowest BCUT2D eigenvalue weighted by molar-refractivity contribution is 0.102. The number of para-hydroxylation sites is 1. The van der Waals surface area contributed by atoms with E-state index in [1.807, 2.05) is 53.4 Å². The number of ketones is 1. The number of nitrogens with zero attached hydrogens (tertiary/aromatic N) is 3. The minimum absolute atomic E-state index is 0.0816. The number of hydrogen-bond donors (Lipinski definition) is 1. The molecule has 120 valence electrons. The second kappa shape index (κ2) is 6.26. The standard InChI is InChI=1S/C17H14N4OS2/c1-21-16(15-7-4-8-23-15)19-20-17(21)24-10-14(22)12-9-18-13-6-3-2-5-11(12)13/h2-9,18H,10H2,1H3. The summed E-state index contributed by atoms with van der Waals surface area (Å²) in [4.78, 5) is 16.8. The second-order valence-electron chi connectivity index (χ2n) is 5.30. The van der Waals surface area contributed by atoms with Gasteiger partial charge in [-0.05, 0) is 17.5 Å². The van der Waals surface area contributed by atoms with E-state index < -0.39 is 0 Å². The SMILES string of the molecule is Cn1c(SCC(=O)c2c[nH]c3ccccc23)nnc1-c1cccs1. The van der Waals surface area contributed by atoms with Crippen LogP contribution in [0.3, 0.4) is 0 Å². The molecule has 0 spiro atoms. The van der Waals surface area contributed by atoms with E-state index in [9.17, 15) is 4.79 Å². The van der Waals surface area contributed by atoms with Crippen molar-refractivity contribution in [3.63, 3.8) is 0 Å². The van der Waals surface area contributed by atoms with Crippen molar-refractivity contribution in [2.75, 3.05) is 5.75 Å². The molecular formula is C17H14N4OS2. The van der Waals surface area contributed by atoms with Gasteiger partial charge in [0, 0.05) is 29.7 Å². The first-order chi connectivity index (χ1) is 11.7. The lowest BCUT2D eigenvalue weighted by Gasteiger charge is -2.02. The fourth-order valence-corrected chi connectivity index (χ4v) is 4.11. The van der Waals surface area contributed by atoms with E-state index in [1.54, 1.807) is 17.5 Å². The van der Waals surface area contributed by atoms with Gasteiger partial charge in [-0.15, -0.1) is 21.5 Å². The first-order valence-electron chi connectivity index (χ1n) is 7.39. The van der Waals surface area contributed by atoms with Crippen LogP contribution < -0.4 is 0 Å². The number of rotatable bonds is 5. The van der Waals surface area contributed by atoms with Crippen molar-refractivity contribution in [1.82, 2.24) is 19.7 Å². The number of aromatic nitrogens is 4. The normalized spacial score (nSPS) is 11.2. The second-order valence-corrected chi connectivity index (χ2v) is 7.19. The molecule has 3 heterocycles. The molecule has 0 bridgehead atoms. The predicted octanol–water partition coefficient (Wildman–Crippen LogP) is 4.00. The van der Waals surface area contributed by atoms with Crippen LogP contribution in [0.25, 0.3) is 21.6 Å². The summed E-state index contributed by atoms with van der Waals surface area (Å²) >= 11 is 3.03. The van der Waals surface area contributed by atoms with Gasteiger partial charge < -0.3 is 9.55 Å². The molecule has 0 unspecified atom stereocenters. The highest BCUT2D eigenvalue weighted by atomic mass is 32.2. The highest BCUT2D eigenvalue weighted by Crippen LogP contribution is 2.27. The van der Waals surface area contributed by atoms with Gasteiger partial charge in [-0.3, -0.25) is 4.79 Å². The van der Waals surface area contributed by atoms with Crippen LogP contribution in [0.15, 0.2) is 53.1 Å². The number of Topliss-reactive ketones (excluding diaryl/α,β-unsaturated/α-hetero) is 1. The first kappa shape index (κ1) is 15.2. The molecule has 1 aromatic carbocycles. The molecule has 0 aliphatic carbocycles. The third-order valence-electron chi connectivity index (χ3n) is 3.80. The topological polar surface area (TPSA) is 63.6 Å². The van der Waals surface area contributed by atoms with Crippen molar-refractivity contribution >= 4 is 39.8 Å². The van der Waals surface area contributed by atoms with Gasteiger partial charge in [0.2, 0.25) is 0 Å². The maximum Gasteiger partial charge on any atom is 0.191 e. The van der Waals surface area contributed by atoms with Crippen LogP contribution in [-0.2, 0) is 7.05 Å². The molecule has 0 amide bonds. The van der Waals surface area contributed by atoms with Crippen molar-refractivity contribution < 1.29 is 4.79 Å². The lowest BCUT2D eigenvalue weighted by Crippen LogP contribution is -2.03. The molecule has 0 fully saturated rings. The van der Waals surface area contributed by atoms with Gasteiger partial charge in [-0.1, -0.05) is 36.0 Å². The quantitative estimate of drug-likeness (QED) is 0.435. The lowest BCUT2D eigenvalue weighted by atomic mass is 10.1. The van der Waals surface area contributed by atoms with E-state index in [0.717, 1.165) is 32.3 Å². The number of fused-ring (bicyclic) bond motifs is 1. The monoisotopic (exact) mass is 354 g/mol. The Hall–Kier alpha value is -2.38. The molecule has 24 heavy (non-hydrogen) atoms. The number of H-pyrrole nitrogens is 1. The highest BCUT2D eigenvalue weighted by Gasteiger charge is 2.16. The van der Waals surface area contributed by atoms with Gasteiger partial charge in [0.15, 0.2) is 16.8 Å². The molecule has 1 N–H and O–H groups in total. The molecule has 4 rings (SSSR count). The zero-order valence-electron chi connectivity index (χ0n) is 12.9. The van der Waals surface area contributed by atoms with Gasteiger partial charge in [0.1, 0.15) is 0 Å². The average Bonchev–Trinajstić information content (AvgIpc) is 3.32. The van der Waals surface area contributed by atoms with Gasteiger partial charge >= 0.3 is 0 Å². The van der Waals surface area contributed by atoms with Crippen LogP contribution in [0, 0.1) is 0 Å². The zero-order valence-corrected chi connectivity index (χ0v) is 14.5. The summed E-state index contributed by atoms with van der Waals surface area (Å²) in [5.74, 6) is 1.24. The molecule has 0 aliphatic rings. The minimum Gasteiger partial charge on any atom is -0.360 e. The number of thiophene rings is 1. The highest BCUT2D eigenvalue weighted by molar-refractivity contribution is 7.99. The van der Waals surface area contributed by atoms with Crippen molar-refractivity contribution in [2.24, 2.45) is 7.05 Å². The van der Waals surface area contributed by atoms with Crippen LogP contribution in [0.5, 0.6) is 0 Å². The van der Waals surface area contributed by atoms with Crippen LogP contribution >= 0.6 is 23.1 Å². The Balaban J connectivity index is 1.52. The smallest absolute Gasteiger partial charge is 0.191 e. The molecule has 5 nitrogen and oxygen atoms in total. The fourth-order valence-electron chi connectivity index (χ4n) is 2.57. The Kier molecular flexibility index (Phi) is 3.95. The summed E-state index contributed by atoms with van der Waals surface area (Å²) in [6.45, 7) is 0. The first-order valence-corrected chi connectivity index (χ1v) is 9.26. The van der Waals surface area contributed by atoms with E-state index in [0.29, 0.717) is 5.75 Å². The third kappa shape index (κ3) is 2.65. The number of carbonyl (C=O) groups excluding carboxylic acids is 1. The molecule has 3 aromatic heterocycles. The number of carbonyl (C=O) groups is 1. The molecule has 0 saturated carbocycles. The van der Waals surface area contributed by atoms with Crippen LogP contribution in [-0.4, -0.2) is 31.3 Å². The molecule has 0 radical (unpaired) electrons. The molecule has 0 atom stereocenters. The van der Waals surface area contributed by atoms with Crippen molar-refractivity contribution in [2.45, 2.75) is 5.16 Å². The summed E-state index contributed by atoms with van der Waals surface area (Å²) in [5, 5.41) is 12.2. The molecular weight excluding hydrogens is 340 g/mol. The largest absolute Gasteiger partial charge is 0.360 e. The van der Waals surface area contributed by atoms with Crippen molar-refractivity contribution in [3.05, 3.63) is 53.5 Å². The number of thioether (sulfide) groups is 1. The van der Waals surface area contributed by atoms with Gasteiger partial charge in [0.25, 0.3) is 0 Å². The van der Waals surface area contributed by atoms with Gasteiger partial charge in [0.05, 0.1) is 10.6 Å². The Labute approximate surface area is 146 Å². The minimum atomic E-state index is 0.0816. The number of benzene rings is 1. The van der Waals surface area contributed by atoms with Crippen molar-refractivity contribution in [1.29, 1.82) is 0 Å². The molecule has 0 aliphatic heterocycles. The van der Waals surface area contributed by atoms with E-state index in [-0.39, 0.29) is 5.78 Å². The summed E-state index contributed by atoms with van der Waals surface area (Å²) < 4.78 is 1.93. The Morgan fingerprint density at radius 2 is 2.12 bits per heavy atom. The number of aromatic amines is 1. The van der Waals surface area contributed by atoms with E-state index in [1.165, 1.54) is 11.8 Å². The summed E-state index contributed by atoms with van der Waals surface area (Å²) in [6, 6.07) is 11.8. The van der Waals surface area contributed by atoms with E-state index >= 15 is 0 Å².